The van der Waals surface area contributed by atoms with Crippen molar-refractivity contribution in [1.82, 2.24) is 15.0 Å². The van der Waals surface area contributed by atoms with Gasteiger partial charge in [-0.05, 0) is 29.8 Å². The van der Waals surface area contributed by atoms with Crippen LogP contribution in [-0.4, -0.2) is 50.6 Å². The van der Waals surface area contributed by atoms with Gasteiger partial charge in [0.1, 0.15) is 23.2 Å². The lowest BCUT2D eigenvalue weighted by Gasteiger charge is -2.13. The Morgan fingerprint density at radius 2 is 1.75 bits per heavy atom. The number of anilines is 3. The largest absolute Gasteiger partial charge is 0.524 e. The van der Waals surface area contributed by atoms with Crippen LogP contribution in [0.4, 0.5) is 30.6 Å². The van der Waals surface area contributed by atoms with E-state index in [-0.39, 0.29) is 35.3 Å². The highest BCUT2D eigenvalue weighted by Crippen LogP contribution is 2.37. The number of nitrogens with one attached hydrogen (secondary N) is 2. The molecule has 3 aromatic rings. The lowest BCUT2D eigenvalue weighted by molar-refractivity contribution is -0.154. The van der Waals surface area contributed by atoms with Crippen LogP contribution in [0.5, 0.6) is 11.8 Å². The first-order valence-corrected chi connectivity index (χ1v) is 11.4. The number of alkyl halides is 3. The molecule has 0 aliphatic rings. The maximum atomic E-state index is 12.6. The molecule has 0 bridgehead atoms. The highest BCUT2D eigenvalue weighted by atomic mass is 31.2. The standard InChI is InChI=1S/C20H19F3N5O7P/c1-33-18(29)13-4-7-15(25-10-13)26-17-8-16(27-19(28-17)34-11-20(21,22)23)24-9-12-2-5-14(6-3-12)35-36(30,31)32/h2-8,10H,9,11H2,1H3,(H2,30,31,32)(H2,24,25,26,27,28). The van der Waals surface area contributed by atoms with Crippen LogP contribution in [0.1, 0.15) is 15.9 Å². The van der Waals surface area contributed by atoms with Gasteiger partial charge in [0.2, 0.25) is 0 Å². The van der Waals surface area contributed by atoms with E-state index >= 15 is 0 Å². The number of hydrogen-bond donors (Lipinski definition) is 4. The predicted molar refractivity (Wildman–Crippen MR) is 119 cm³/mol. The van der Waals surface area contributed by atoms with Gasteiger partial charge in [-0.3, -0.25) is 9.79 Å². The highest BCUT2D eigenvalue weighted by Gasteiger charge is 2.29. The summed E-state index contributed by atoms with van der Waals surface area (Å²) in [6.45, 7) is -1.47. The molecule has 2 aromatic heterocycles. The fourth-order valence-electron chi connectivity index (χ4n) is 2.63. The van der Waals surface area contributed by atoms with Crippen LogP contribution in [0.25, 0.3) is 0 Å². The Morgan fingerprint density at radius 1 is 1.06 bits per heavy atom. The summed E-state index contributed by atoms with van der Waals surface area (Å²) in [6, 6.07) is 9.42. The number of nitrogens with zero attached hydrogens (tertiary/aromatic N) is 3. The first-order chi connectivity index (χ1) is 16.9. The summed E-state index contributed by atoms with van der Waals surface area (Å²) in [7, 11) is -3.48. The van der Waals surface area contributed by atoms with Gasteiger partial charge in [-0.25, -0.2) is 14.3 Å². The van der Waals surface area contributed by atoms with Gasteiger partial charge in [0.15, 0.2) is 6.61 Å². The van der Waals surface area contributed by atoms with Gasteiger partial charge in [-0.2, -0.15) is 23.1 Å². The third-order valence-electron chi connectivity index (χ3n) is 4.13. The second kappa shape index (κ2) is 11.2. The molecule has 0 saturated heterocycles. The molecule has 0 saturated carbocycles. The van der Waals surface area contributed by atoms with Crippen LogP contribution >= 0.6 is 7.82 Å². The lowest BCUT2D eigenvalue weighted by Crippen LogP contribution is -2.20. The SMILES string of the molecule is COC(=O)c1ccc(Nc2cc(NCc3ccc(OP(=O)(O)O)cc3)nc(OCC(F)(F)F)n2)nc1. The van der Waals surface area contributed by atoms with E-state index in [9.17, 15) is 22.5 Å². The minimum absolute atomic E-state index is 0.0471. The third-order valence-corrected chi connectivity index (χ3v) is 4.58. The van der Waals surface area contributed by atoms with Crippen molar-refractivity contribution >= 4 is 31.2 Å². The van der Waals surface area contributed by atoms with Crippen molar-refractivity contribution in [3.63, 3.8) is 0 Å². The molecule has 0 unspecified atom stereocenters. The number of carbonyl (C=O) groups excluding carboxylic acids is 1. The molecule has 12 nitrogen and oxygen atoms in total. The van der Waals surface area contributed by atoms with Crippen molar-refractivity contribution in [2.24, 2.45) is 0 Å². The number of esters is 1. The van der Waals surface area contributed by atoms with Crippen molar-refractivity contribution in [3.8, 4) is 11.8 Å². The second-order valence-electron chi connectivity index (χ2n) is 6.95. The van der Waals surface area contributed by atoms with E-state index in [4.69, 9.17) is 9.79 Å². The molecule has 3 rings (SSSR count). The normalized spacial score (nSPS) is 11.5. The summed E-state index contributed by atoms with van der Waals surface area (Å²) >= 11 is 0. The zero-order valence-electron chi connectivity index (χ0n) is 18.4. The Kier molecular flexibility index (Phi) is 8.29. The fraction of sp³-hybridized carbons (Fsp3) is 0.200. The van der Waals surface area contributed by atoms with Crippen LogP contribution in [-0.2, 0) is 15.8 Å². The Labute approximate surface area is 201 Å². The van der Waals surface area contributed by atoms with Crippen LogP contribution in [0.2, 0.25) is 0 Å². The van der Waals surface area contributed by atoms with Gasteiger partial charge in [0.25, 0.3) is 0 Å². The minimum Gasteiger partial charge on any atom is -0.465 e. The Bertz CT molecular complexity index is 1240. The number of halogens is 3. The van der Waals surface area contributed by atoms with Crippen molar-refractivity contribution in [1.29, 1.82) is 0 Å². The first kappa shape index (κ1) is 26.7. The molecule has 0 aliphatic carbocycles. The Balaban J connectivity index is 1.76. The van der Waals surface area contributed by atoms with Gasteiger partial charge in [0, 0.05) is 18.8 Å². The van der Waals surface area contributed by atoms with Crippen LogP contribution in [0.3, 0.4) is 0 Å². The Morgan fingerprint density at radius 3 is 2.33 bits per heavy atom. The molecular weight excluding hydrogens is 510 g/mol. The smallest absolute Gasteiger partial charge is 0.465 e. The second-order valence-corrected chi connectivity index (χ2v) is 8.12. The minimum atomic E-state index is -4.70. The van der Waals surface area contributed by atoms with E-state index in [1.54, 1.807) is 0 Å². The molecule has 2 heterocycles. The summed E-state index contributed by atoms with van der Waals surface area (Å²) in [5.41, 5.74) is 0.832. The van der Waals surface area contributed by atoms with Gasteiger partial charge < -0.3 is 24.6 Å². The molecule has 4 N–H and O–H groups in total. The monoisotopic (exact) mass is 529 g/mol. The predicted octanol–water partition coefficient (Wildman–Crippen LogP) is 3.43. The zero-order chi connectivity index (χ0) is 26.3. The van der Waals surface area contributed by atoms with E-state index in [0.717, 1.165) is 0 Å². The number of phosphoric ester groups is 1. The summed E-state index contributed by atoms with van der Waals surface area (Å²) in [5.74, 6) is -0.254. The third kappa shape index (κ3) is 8.69. The van der Waals surface area contributed by atoms with E-state index in [0.29, 0.717) is 5.56 Å². The summed E-state index contributed by atoms with van der Waals surface area (Å²) in [4.78, 5) is 41.1. The number of methoxy groups -OCH3 is 1. The number of hydrogen-bond acceptors (Lipinski definition) is 10. The summed E-state index contributed by atoms with van der Waals surface area (Å²) in [6.07, 6.45) is -3.36. The average Bonchev–Trinajstić information content (AvgIpc) is 2.81. The van der Waals surface area contributed by atoms with Crippen LogP contribution in [0.15, 0.2) is 48.7 Å². The first-order valence-electron chi connectivity index (χ1n) is 9.88. The van der Waals surface area contributed by atoms with Gasteiger partial charge in [0.05, 0.1) is 12.7 Å². The summed E-state index contributed by atoms with van der Waals surface area (Å²) < 4.78 is 62.5. The van der Waals surface area contributed by atoms with Crippen molar-refractivity contribution in [2.75, 3.05) is 24.4 Å². The number of rotatable bonds is 10. The van der Waals surface area contributed by atoms with E-state index in [1.165, 1.54) is 55.8 Å². The maximum absolute atomic E-state index is 12.6. The molecule has 0 spiro atoms. The topological polar surface area (TPSA) is 165 Å². The van der Waals surface area contributed by atoms with Crippen molar-refractivity contribution in [3.05, 3.63) is 59.8 Å². The molecule has 0 amide bonds. The number of pyridine rings is 1. The maximum Gasteiger partial charge on any atom is 0.524 e. The molecule has 36 heavy (non-hydrogen) atoms. The lowest BCUT2D eigenvalue weighted by atomic mass is 10.2. The molecule has 0 fully saturated rings. The molecule has 1 aromatic carbocycles. The van der Waals surface area contributed by atoms with E-state index in [1.807, 2.05) is 0 Å². The highest BCUT2D eigenvalue weighted by molar-refractivity contribution is 7.46. The van der Waals surface area contributed by atoms with Crippen molar-refractivity contribution in [2.45, 2.75) is 12.7 Å². The number of benzene rings is 1. The van der Waals surface area contributed by atoms with Gasteiger partial charge in [-0.1, -0.05) is 12.1 Å². The molecule has 0 radical (unpaired) electrons. The molecule has 192 valence electrons. The summed E-state index contributed by atoms with van der Waals surface area (Å²) in [5, 5.41) is 5.68. The quantitative estimate of drug-likeness (QED) is 0.224. The zero-order valence-corrected chi connectivity index (χ0v) is 19.3. The van der Waals surface area contributed by atoms with Crippen LogP contribution in [0, 0.1) is 0 Å². The number of aromatic nitrogens is 3. The average molecular weight is 529 g/mol. The molecular formula is C20H19F3N5O7P. The van der Waals surface area contributed by atoms with Gasteiger partial charge >= 0.3 is 26.0 Å². The number of ether oxygens (including phenoxy) is 2. The van der Waals surface area contributed by atoms with Crippen LogP contribution < -0.4 is 19.9 Å². The van der Waals surface area contributed by atoms with Crippen molar-refractivity contribution < 1.29 is 46.3 Å². The fourth-order valence-corrected chi connectivity index (χ4v) is 3.02. The van der Waals surface area contributed by atoms with E-state index in [2.05, 4.69) is 39.6 Å². The van der Waals surface area contributed by atoms with E-state index < -0.39 is 32.6 Å². The Hall–Kier alpha value is -3.94. The van der Waals surface area contributed by atoms with Gasteiger partial charge in [-0.15, -0.1) is 0 Å². The molecule has 0 aliphatic heterocycles. The molecule has 0 atom stereocenters. The number of phosphoric acid groups is 1. The number of carbonyl (C=O) groups is 1. The molecule has 16 heteroatoms.